The van der Waals surface area contributed by atoms with Gasteiger partial charge in [-0.3, -0.25) is 0 Å². The van der Waals surface area contributed by atoms with E-state index >= 15 is 0 Å². The van der Waals surface area contributed by atoms with Crippen molar-refractivity contribution >= 4 is 6.09 Å². The summed E-state index contributed by atoms with van der Waals surface area (Å²) >= 11 is 0. The van der Waals surface area contributed by atoms with Gasteiger partial charge in [0, 0.05) is 12.0 Å². The molecule has 1 aliphatic carbocycles. The zero-order valence-electron chi connectivity index (χ0n) is 11.2. The van der Waals surface area contributed by atoms with Gasteiger partial charge in [-0.2, -0.15) is 0 Å². The first kappa shape index (κ1) is 14.3. The number of hydrogen-bond donors (Lipinski definition) is 2. The van der Waals surface area contributed by atoms with Crippen molar-refractivity contribution in [1.82, 2.24) is 5.32 Å². The monoisotopic (exact) mass is 243 g/mol. The number of amides is 1. The smallest absolute Gasteiger partial charge is 0.407 e. The number of nitrogens with one attached hydrogen (secondary N) is 1. The van der Waals surface area contributed by atoms with Crippen LogP contribution in [0.2, 0.25) is 0 Å². The van der Waals surface area contributed by atoms with Gasteiger partial charge in [0.05, 0.1) is 6.61 Å². The molecule has 2 N–H and O–H groups in total. The molecular weight excluding hydrogens is 218 g/mol. The molecule has 0 saturated heterocycles. The van der Waals surface area contributed by atoms with E-state index in [2.05, 4.69) is 5.32 Å². The molecule has 0 unspecified atom stereocenters. The van der Waals surface area contributed by atoms with Crippen LogP contribution in [0.15, 0.2) is 0 Å². The minimum absolute atomic E-state index is 0.130. The summed E-state index contributed by atoms with van der Waals surface area (Å²) in [5, 5.41) is 12.3. The molecule has 4 heteroatoms. The SMILES string of the molecule is CC(C)(C)OC(=O)NCC1(CO)CCCCC1. The second-order valence-corrected chi connectivity index (χ2v) is 6.07. The van der Waals surface area contributed by atoms with Crippen LogP contribution in [0, 0.1) is 5.41 Å². The fourth-order valence-electron chi connectivity index (χ4n) is 2.27. The van der Waals surface area contributed by atoms with Crippen molar-refractivity contribution in [2.45, 2.75) is 58.5 Å². The highest BCUT2D eigenvalue weighted by Crippen LogP contribution is 2.35. The zero-order chi connectivity index (χ0) is 12.9. The molecule has 1 amide bonds. The van der Waals surface area contributed by atoms with Crippen molar-refractivity contribution < 1.29 is 14.6 Å². The summed E-state index contributed by atoms with van der Waals surface area (Å²) in [5.41, 5.74) is -0.599. The number of carbonyl (C=O) groups excluding carboxylic acids is 1. The number of ether oxygens (including phenoxy) is 1. The van der Waals surface area contributed by atoms with Crippen molar-refractivity contribution in [3.05, 3.63) is 0 Å². The van der Waals surface area contributed by atoms with Crippen molar-refractivity contribution in [3.8, 4) is 0 Å². The molecule has 100 valence electrons. The fourth-order valence-corrected chi connectivity index (χ4v) is 2.27. The van der Waals surface area contributed by atoms with E-state index < -0.39 is 11.7 Å². The predicted octanol–water partition coefficient (Wildman–Crippen LogP) is 2.45. The fraction of sp³-hybridized carbons (Fsp3) is 0.923. The maximum absolute atomic E-state index is 11.5. The third-order valence-corrected chi connectivity index (χ3v) is 3.26. The Kier molecular flexibility index (Phi) is 4.80. The van der Waals surface area contributed by atoms with Gasteiger partial charge in [-0.1, -0.05) is 19.3 Å². The largest absolute Gasteiger partial charge is 0.444 e. The molecule has 0 aliphatic heterocycles. The Hall–Kier alpha value is -0.770. The molecule has 0 atom stereocenters. The number of aliphatic hydroxyl groups excluding tert-OH is 1. The molecule has 0 radical (unpaired) electrons. The van der Waals surface area contributed by atoms with Gasteiger partial charge >= 0.3 is 6.09 Å². The lowest BCUT2D eigenvalue weighted by molar-refractivity contribution is 0.0412. The van der Waals surface area contributed by atoms with Gasteiger partial charge in [-0.25, -0.2) is 4.79 Å². The highest BCUT2D eigenvalue weighted by molar-refractivity contribution is 5.67. The summed E-state index contributed by atoms with van der Waals surface area (Å²) < 4.78 is 5.19. The Balaban J connectivity index is 2.39. The standard InChI is InChI=1S/C13H25NO3/c1-12(2,3)17-11(16)14-9-13(10-15)7-5-4-6-8-13/h15H,4-10H2,1-3H3,(H,14,16). The molecule has 0 spiro atoms. The Morgan fingerprint density at radius 3 is 2.35 bits per heavy atom. The summed E-state index contributed by atoms with van der Waals surface area (Å²) in [6, 6.07) is 0. The van der Waals surface area contributed by atoms with E-state index in [1.165, 1.54) is 6.42 Å². The molecule has 0 aromatic heterocycles. The normalized spacial score (nSPS) is 19.8. The van der Waals surface area contributed by atoms with Gasteiger partial charge in [-0.15, -0.1) is 0 Å². The Bertz CT molecular complexity index is 252. The molecule has 0 heterocycles. The van der Waals surface area contributed by atoms with Crippen LogP contribution < -0.4 is 5.32 Å². The third kappa shape index (κ3) is 4.94. The maximum atomic E-state index is 11.5. The number of alkyl carbamates (subject to hydrolysis) is 1. The predicted molar refractivity (Wildman–Crippen MR) is 66.8 cm³/mol. The summed E-state index contributed by atoms with van der Waals surface area (Å²) in [6.45, 7) is 6.18. The average Bonchev–Trinajstić information content (AvgIpc) is 2.25. The first-order valence-electron chi connectivity index (χ1n) is 6.45. The molecule has 1 aliphatic rings. The molecule has 1 rings (SSSR count). The van der Waals surface area contributed by atoms with E-state index in [1.807, 2.05) is 20.8 Å². The molecule has 1 fully saturated rings. The van der Waals surface area contributed by atoms with Gasteiger partial charge in [0.25, 0.3) is 0 Å². The molecule has 17 heavy (non-hydrogen) atoms. The zero-order valence-corrected chi connectivity index (χ0v) is 11.2. The van der Waals surface area contributed by atoms with Crippen molar-refractivity contribution in [3.63, 3.8) is 0 Å². The molecule has 0 bridgehead atoms. The van der Waals surface area contributed by atoms with Crippen LogP contribution in [0.1, 0.15) is 52.9 Å². The lowest BCUT2D eigenvalue weighted by atomic mass is 9.74. The van der Waals surface area contributed by atoms with Gasteiger partial charge in [0.15, 0.2) is 0 Å². The number of aliphatic hydroxyl groups is 1. The summed E-state index contributed by atoms with van der Waals surface area (Å²) in [5.74, 6) is 0. The van der Waals surface area contributed by atoms with E-state index in [9.17, 15) is 9.90 Å². The average molecular weight is 243 g/mol. The Morgan fingerprint density at radius 2 is 1.88 bits per heavy atom. The van der Waals surface area contributed by atoms with Crippen LogP contribution in [-0.4, -0.2) is 30.0 Å². The van der Waals surface area contributed by atoms with Crippen LogP contribution in [-0.2, 0) is 4.74 Å². The minimum atomic E-state index is -0.469. The Morgan fingerprint density at radius 1 is 1.29 bits per heavy atom. The third-order valence-electron chi connectivity index (χ3n) is 3.26. The first-order chi connectivity index (χ1) is 7.87. The molecule has 0 aromatic carbocycles. The van der Waals surface area contributed by atoms with E-state index in [0.717, 1.165) is 25.7 Å². The molecule has 0 aromatic rings. The molecule has 4 nitrogen and oxygen atoms in total. The lowest BCUT2D eigenvalue weighted by Gasteiger charge is -2.35. The van der Waals surface area contributed by atoms with Gasteiger partial charge in [0.2, 0.25) is 0 Å². The molecule has 1 saturated carbocycles. The van der Waals surface area contributed by atoms with Gasteiger partial charge < -0.3 is 15.2 Å². The van der Waals surface area contributed by atoms with Crippen LogP contribution >= 0.6 is 0 Å². The minimum Gasteiger partial charge on any atom is -0.444 e. The van der Waals surface area contributed by atoms with E-state index in [0.29, 0.717) is 6.54 Å². The summed E-state index contributed by atoms with van der Waals surface area (Å²) in [7, 11) is 0. The number of hydrogen-bond acceptors (Lipinski definition) is 3. The summed E-state index contributed by atoms with van der Waals surface area (Å²) in [4.78, 5) is 11.5. The number of carbonyl (C=O) groups is 1. The van der Waals surface area contributed by atoms with E-state index in [1.54, 1.807) is 0 Å². The van der Waals surface area contributed by atoms with Crippen LogP contribution in [0.4, 0.5) is 4.79 Å². The van der Waals surface area contributed by atoms with Crippen molar-refractivity contribution in [2.24, 2.45) is 5.41 Å². The topological polar surface area (TPSA) is 58.6 Å². The van der Waals surface area contributed by atoms with Crippen LogP contribution in [0.5, 0.6) is 0 Å². The first-order valence-corrected chi connectivity index (χ1v) is 6.45. The van der Waals surface area contributed by atoms with Gasteiger partial charge in [-0.05, 0) is 33.6 Å². The maximum Gasteiger partial charge on any atom is 0.407 e. The highest BCUT2D eigenvalue weighted by atomic mass is 16.6. The number of rotatable bonds is 3. The second kappa shape index (κ2) is 5.71. The van der Waals surface area contributed by atoms with Crippen molar-refractivity contribution in [2.75, 3.05) is 13.2 Å². The van der Waals surface area contributed by atoms with Crippen molar-refractivity contribution in [1.29, 1.82) is 0 Å². The summed E-state index contributed by atoms with van der Waals surface area (Å²) in [6.07, 6.45) is 5.08. The Labute approximate surface area is 104 Å². The van der Waals surface area contributed by atoms with Crippen LogP contribution in [0.3, 0.4) is 0 Å². The highest BCUT2D eigenvalue weighted by Gasteiger charge is 2.32. The van der Waals surface area contributed by atoms with E-state index in [-0.39, 0.29) is 12.0 Å². The second-order valence-electron chi connectivity index (χ2n) is 6.07. The lowest BCUT2D eigenvalue weighted by Crippen LogP contribution is -2.43. The molecular formula is C13H25NO3. The van der Waals surface area contributed by atoms with Gasteiger partial charge in [0.1, 0.15) is 5.60 Å². The van der Waals surface area contributed by atoms with Crippen LogP contribution in [0.25, 0.3) is 0 Å². The van der Waals surface area contributed by atoms with E-state index in [4.69, 9.17) is 4.74 Å². The quantitative estimate of drug-likeness (QED) is 0.800.